The molecular weight excluding hydrogens is 378 g/mol. The summed E-state index contributed by atoms with van der Waals surface area (Å²) in [6.07, 6.45) is 1.29. The predicted molar refractivity (Wildman–Crippen MR) is 104 cm³/mol. The number of anilines is 1. The molecule has 0 saturated heterocycles. The molecule has 29 heavy (non-hydrogen) atoms. The number of nitrogens with zero attached hydrogens (tertiary/aromatic N) is 5. The lowest BCUT2D eigenvalue weighted by Crippen LogP contribution is -2.00. The Bertz CT molecular complexity index is 1310. The highest BCUT2D eigenvalue weighted by molar-refractivity contribution is 6.03. The minimum atomic E-state index is -0.514. The molecule has 0 atom stereocenters. The Morgan fingerprint density at radius 1 is 1.24 bits per heavy atom. The number of rotatable bonds is 4. The van der Waals surface area contributed by atoms with E-state index in [0.29, 0.717) is 22.7 Å². The minimum Gasteiger partial charge on any atom is -0.454 e. The van der Waals surface area contributed by atoms with Gasteiger partial charge in [-0.1, -0.05) is 11.6 Å². The lowest BCUT2D eigenvalue weighted by molar-refractivity contribution is -0.385. The van der Waals surface area contributed by atoms with E-state index in [4.69, 9.17) is 9.47 Å². The first-order valence-corrected chi connectivity index (χ1v) is 8.58. The van der Waals surface area contributed by atoms with Gasteiger partial charge in [-0.25, -0.2) is 5.43 Å². The van der Waals surface area contributed by atoms with E-state index in [1.54, 1.807) is 0 Å². The maximum Gasteiger partial charge on any atom is 0.282 e. The molecular formula is C18H13N7O4. The lowest BCUT2D eigenvalue weighted by Gasteiger charge is -2.01. The van der Waals surface area contributed by atoms with Crippen LogP contribution in [0.2, 0.25) is 0 Å². The molecule has 0 bridgehead atoms. The van der Waals surface area contributed by atoms with Crippen molar-refractivity contribution < 1.29 is 14.4 Å². The summed E-state index contributed by atoms with van der Waals surface area (Å²) in [5.41, 5.74) is 5.98. The van der Waals surface area contributed by atoms with E-state index in [1.165, 1.54) is 18.3 Å². The van der Waals surface area contributed by atoms with Crippen molar-refractivity contribution in [2.75, 3.05) is 12.2 Å². The van der Waals surface area contributed by atoms with Crippen LogP contribution in [-0.4, -0.2) is 38.1 Å². The summed E-state index contributed by atoms with van der Waals surface area (Å²) in [6, 6.07) is 8.76. The van der Waals surface area contributed by atoms with Crippen LogP contribution in [0.4, 0.5) is 11.6 Å². The topological polar surface area (TPSA) is 140 Å². The molecule has 1 aliphatic rings. The first kappa shape index (κ1) is 16.9. The van der Waals surface area contributed by atoms with Crippen LogP contribution in [0.15, 0.2) is 35.4 Å². The van der Waals surface area contributed by atoms with E-state index >= 15 is 0 Å². The van der Waals surface area contributed by atoms with Crippen LogP contribution < -0.4 is 14.9 Å². The quantitative estimate of drug-likeness (QED) is 0.307. The molecule has 2 N–H and O–H groups in total. The van der Waals surface area contributed by atoms with Crippen LogP contribution in [-0.2, 0) is 0 Å². The maximum atomic E-state index is 11.3. The van der Waals surface area contributed by atoms with Crippen molar-refractivity contribution in [3.63, 3.8) is 0 Å². The van der Waals surface area contributed by atoms with Crippen LogP contribution in [0.5, 0.6) is 11.5 Å². The molecule has 5 rings (SSSR count). The molecule has 2 aromatic heterocycles. The first-order valence-electron chi connectivity index (χ1n) is 8.58. The van der Waals surface area contributed by atoms with Crippen molar-refractivity contribution in [3.8, 4) is 11.5 Å². The van der Waals surface area contributed by atoms with Crippen LogP contribution in [0.25, 0.3) is 22.1 Å². The molecule has 11 nitrogen and oxygen atoms in total. The summed E-state index contributed by atoms with van der Waals surface area (Å²) in [5, 5.41) is 24.5. The summed E-state index contributed by atoms with van der Waals surface area (Å²) in [4.78, 5) is 18.3. The van der Waals surface area contributed by atoms with Gasteiger partial charge in [0.1, 0.15) is 5.52 Å². The van der Waals surface area contributed by atoms with Crippen molar-refractivity contribution in [3.05, 3.63) is 51.6 Å². The fourth-order valence-corrected chi connectivity index (χ4v) is 3.10. The molecule has 11 heteroatoms. The van der Waals surface area contributed by atoms with Gasteiger partial charge in [-0.3, -0.25) is 10.1 Å². The van der Waals surface area contributed by atoms with Gasteiger partial charge in [0, 0.05) is 10.9 Å². The molecule has 0 amide bonds. The van der Waals surface area contributed by atoms with Gasteiger partial charge >= 0.3 is 0 Å². The fraction of sp³-hybridized carbons (Fsp3) is 0.111. The Morgan fingerprint density at radius 2 is 2.07 bits per heavy atom. The highest BCUT2D eigenvalue weighted by atomic mass is 16.7. The normalized spacial score (nSPS) is 12.9. The number of hydrogen-bond donors (Lipinski definition) is 2. The maximum absolute atomic E-state index is 11.3. The number of benzene rings is 2. The molecule has 3 heterocycles. The summed E-state index contributed by atoms with van der Waals surface area (Å²) in [7, 11) is 0. The Labute approximate surface area is 162 Å². The number of H-pyrrole nitrogens is 1. The molecule has 0 spiro atoms. The number of nitrogens with one attached hydrogen (secondary N) is 2. The molecule has 1 aliphatic heterocycles. The van der Waals surface area contributed by atoms with Crippen molar-refractivity contribution in [2.45, 2.75) is 6.92 Å². The second kappa shape index (κ2) is 6.41. The first-order chi connectivity index (χ1) is 14.1. The number of fused-ring (bicyclic) bond motifs is 4. The molecule has 0 radical (unpaired) electrons. The fourth-order valence-electron chi connectivity index (χ4n) is 3.10. The minimum absolute atomic E-state index is 0.0227. The number of hydrazone groups is 1. The SMILES string of the molecule is Cc1ccc2[nH]c3nc(NN=Cc4cc5c(cc4[N+](=O)[O-])OCO5)nnc3c2c1. The molecule has 0 aliphatic carbocycles. The van der Waals surface area contributed by atoms with Crippen LogP contribution in [0, 0.1) is 17.0 Å². The third-order valence-electron chi connectivity index (χ3n) is 4.46. The average Bonchev–Trinajstić information content (AvgIpc) is 3.30. The number of hydrogen-bond acceptors (Lipinski definition) is 9. The zero-order valence-electron chi connectivity index (χ0n) is 15.0. The zero-order chi connectivity index (χ0) is 20.0. The van der Waals surface area contributed by atoms with Gasteiger partial charge in [0.05, 0.1) is 22.8 Å². The molecule has 0 unspecified atom stereocenters. The molecule has 2 aromatic carbocycles. The second-order valence-corrected chi connectivity index (χ2v) is 6.40. The predicted octanol–water partition coefficient (Wildman–Crippen LogP) is 2.90. The van der Waals surface area contributed by atoms with E-state index in [9.17, 15) is 10.1 Å². The van der Waals surface area contributed by atoms with Gasteiger partial charge in [-0.2, -0.15) is 10.1 Å². The Balaban J connectivity index is 1.44. The Hall–Kier alpha value is -4.28. The van der Waals surface area contributed by atoms with Crippen molar-refractivity contribution in [1.29, 1.82) is 0 Å². The molecule has 0 fully saturated rings. The largest absolute Gasteiger partial charge is 0.454 e. The lowest BCUT2D eigenvalue weighted by atomic mass is 10.1. The summed E-state index contributed by atoms with van der Waals surface area (Å²) < 4.78 is 10.4. The summed E-state index contributed by atoms with van der Waals surface area (Å²) in [5.74, 6) is 0.902. The van der Waals surface area contributed by atoms with Gasteiger partial charge in [0.25, 0.3) is 11.6 Å². The Morgan fingerprint density at radius 3 is 2.90 bits per heavy atom. The van der Waals surface area contributed by atoms with Gasteiger partial charge in [0.2, 0.25) is 6.79 Å². The monoisotopic (exact) mass is 391 g/mol. The van der Waals surface area contributed by atoms with E-state index in [1.807, 2.05) is 25.1 Å². The van der Waals surface area contributed by atoms with E-state index in [0.717, 1.165) is 16.5 Å². The smallest absolute Gasteiger partial charge is 0.282 e. The third-order valence-corrected chi connectivity index (χ3v) is 4.46. The summed E-state index contributed by atoms with van der Waals surface area (Å²) >= 11 is 0. The highest BCUT2D eigenvalue weighted by Gasteiger charge is 2.22. The number of aromatic amines is 1. The Kier molecular flexibility index (Phi) is 3.72. The number of nitro groups is 1. The number of aryl methyl sites for hydroxylation is 1. The molecule has 4 aromatic rings. The van der Waals surface area contributed by atoms with Gasteiger partial charge in [-0.05, 0) is 25.1 Å². The van der Waals surface area contributed by atoms with Crippen LogP contribution in [0.3, 0.4) is 0 Å². The average molecular weight is 391 g/mol. The van der Waals surface area contributed by atoms with E-state index in [2.05, 4.69) is 30.7 Å². The summed E-state index contributed by atoms with van der Waals surface area (Å²) in [6.45, 7) is 2.02. The number of aromatic nitrogens is 4. The van der Waals surface area contributed by atoms with E-state index in [-0.39, 0.29) is 24.0 Å². The molecule has 0 saturated carbocycles. The van der Waals surface area contributed by atoms with Gasteiger partial charge in [0.15, 0.2) is 17.1 Å². The third kappa shape index (κ3) is 2.94. The van der Waals surface area contributed by atoms with Gasteiger partial charge in [-0.15, -0.1) is 10.2 Å². The second-order valence-electron chi connectivity index (χ2n) is 6.40. The van der Waals surface area contributed by atoms with Crippen molar-refractivity contribution in [1.82, 2.24) is 20.2 Å². The standard InChI is InChI=1S/C18H13N7O4/c1-9-2-3-12-11(4-9)16-17(20-12)21-18(24-22-16)23-19-7-10-5-14-15(29-8-28-14)6-13(10)25(26)27/h2-7H,8H2,1H3,(H2,20,21,23,24). The number of nitro benzene ring substituents is 1. The number of ether oxygens (including phenoxy) is 2. The highest BCUT2D eigenvalue weighted by Crippen LogP contribution is 2.37. The van der Waals surface area contributed by atoms with Gasteiger partial charge < -0.3 is 14.5 Å². The van der Waals surface area contributed by atoms with Crippen molar-refractivity contribution in [2.24, 2.45) is 5.10 Å². The zero-order valence-corrected chi connectivity index (χ0v) is 15.0. The van der Waals surface area contributed by atoms with Crippen molar-refractivity contribution >= 4 is 39.9 Å². The molecule has 144 valence electrons. The van der Waals surface area contributed by atoms with Crippen LogP contribution in [0.1, 0.15) is 11.1 Å². The van der Waals surface area contributed by atoms with E-state index < -0.39 is 4.92 Å². The van der Waals surface area contributed by atoms with Crippen LogP contribution >= 0.6 is 0 Å².